The van der Waals surface area contributed by atoms with Gasteiger partial charge in [0, 0.05) is 13.6 Å². The van der Waals surface area contributed by atoms with Crippen molar-refractivity contribution in [1.82, 2.24) is 4.90 Å². The molecule has 0 N–H and O–H groups in total. The molecule has 2 rings (SSSR count). The summed E-state index contributed by atoms with van der Waals surface area (Å²) in [5.74, 6) is 0.329. The zero-order chi connectivity index (χ0) is 18.4. The van der Waals surface area contributed by atoms with Crippen molar-refractivity contribution < 1.29 is 17.9 Å². The number of anilines is 1. The summed E-state index contributed by atoms with van der Waals surface area (Å²) in [7, 11) is -0.404. The van der Waals surface area contributed by atoms with E-state index in [0.29, 0.717) is 18.0 Å². The van der Waals surface area contributed by atoms with Crippen LogP contribution in [0.5, 0.6) is 5.75 Å². The molecule has 25 heavy (non-hydrogen) atoms. The first-order chi connectivity index (χ1) is 11.8. The number of methoxy groups -OCH3 is 1. The van der Waals surface area contributed by atoms with Crippen LogP contribution in [0.2, 0.25) is 0 Å². The van der Waals surface area contributed by atoms with E-state index >= 15 is 0 Å². The number of hydrogen-bond donors (Lipinski definition) is 0. The number of ether oxygens (including phenoxy) is 1. The summed E-state index contributed by atoms with van der Waals surface area (Å²) in [4.78, 5) is 14.0. The smallest absolute Gasteiger partial charge is 0.243 e. The summed E-state index contributed by atoms with van der Waals surface area (Å²) in [5.41, 5.74) is 1.40. The van der Waals surface area contributed by atoms with Gasteiger partial charge in [0.1, 0.15) is 12.3 Å². The molecule has 0 aliphatic heterocycles. The van der Waals surface area contributed by atoms with E-state index in [4.69, 9.17) is 4.74 Å². The maximum atomic E-state index is 12.5. The lowest BCUT2D eigenvalue weighted by atomic mass is 10.2. The fourth-order valence-corrected chi connectivity index (χ4v) is 3.19. The third kappa shape index (κ3) is 5.22. The van der Waals surface area contributed by atoms with E-state index in [0.717, 1.165) is 16.1 Å². The van der Waals surface area contributed by atoms with Gasteiger partial charge in [0.25, 0.3) is 0 Å². The molecule has 0 heterocycles. The molecule has 134 valence electrons. The van der Waals surface area contributed by atoms with Gasteiger partial charge in [-0.15, -0.1) is 0 Å². The first-order valence-electron chi connectivity index (χ1n) is 7.71. The molecule has 6 nitrogen and oxygen atoms in total. The van der Waals surface area contributed by atoms with Gasteiger partial charge in [-0.25, -0.2) is 8.42 Å². The van der Waals surface area contributed by atoms with E-state index in [2.05, 4.69) is 0 Å². The molecule has 0 radical (unpaired) electrons. The number of likely N-dealkylation sites (N-methyl/N-ethyl adjacent to an activating group) is 1. The average molecular weight is 362 g/mol. The number of rotatable bonds is 7. The summed E-state index contributed by atoms with van der Waals surface area (Å²) < 4.78 is 30.4. The van der Waals surface area contributed by atoms with Gasteiger partial charge in [-0.1, -0.05) is 30.3 Å². The first kappa shape index (κ1) is 18.8. The zero-order valence-electron chi connectivity index (χ0n) is 14.5. The van der Waals surface area contributed by atoms with Crippen LogP contribution in [0.25, 0.3) is 0 Å². The largest absolute Gasteiger partial charge is 0.497 e. The summed E-state index contributed by atoms with van der Waals surface area (Å²) in [5, 5.41) is 0. The topological polar surface area (TPSA) is 66.9 Å². The monoisotopic (exact) mass is 362 g/mol. The number of sulfonamides is 1. The van der Waals surface area contributed by atoms with Crippen LogP contribution in [-0.2, 0) is 21.4 Å². The molecular weight excluding hydrogens is 340 g/mol. The van der Waals surface area contributed by atoms with Crippen LogP contribution in [0.1, 0.15) is 5.56 Å². The minimum atomic E-state index is -3.59. The van der Waals surface area contributed by atoms with Gasteiger partial charge in [0.05, 0.1) is 19.1 Å². The van der Waals surface area contributed by atoms with Gasteiger partial charge in [0.15, 0.2) is 0 Å². The van der Waals surface area contributed by atoms with Crippen LogP contribution in [0.3, 0.4) is 0 Å². The molecule has 0 unspecified atom stereocenters. The molecule has 7 heteroatoms. The Morgan fingerprint density at radius 1 is 1.04 bits per heavy atom. The number of carbonyl (C=O) groups is 1. The van der Waals surface area contributed by atoms with Gasteiger partial charge < -0.3 is 9.64 Å². The molecule has 0 aromatic heterocycles. The predicted molar refractivity (Wildman–Crippen MR) is 98.1 cm³/mol. The van der Waals surface area contributed by atoms with Crippen molar-refractivity contribution in [1.29, 1.82) is 0 Å². The molecule has 1 amide bonds. The van der Waals surface area contributed by atoms with E-state index in [9.17, 15) is 13.2 Å². The molecule has 0 atom stereocenters. The minimum absolute atomic E-state index is 0.255. The molecular formula is C18H22N2O4S. The molecule has 0 saturated carbocycles. The SMILES string of the molecule is COc1ccc(N(CC(=O)N(C)Cc2ccccc2)S(C)(=O)=O)cc1. The number of hydrogen-bond acceptors (Lipinski definition) is 4. The second kappa shape index (κ2) is 8.02. The van der Waals surface area contributed by atoms with E-state index in [1.54, 1.807) is 31.3 Å². The van der Waals surface area contributed by atoms with Crippen molar-refractivity contribution in [2.45, 2.75) is 6.54 Å². The van der Waals surface area contributed by atoms with E-state index in [-0.39, 0.29) is 12.5 Å². The lowest BCUT2D eigenvalue weighted by Crippen LogP contribution is -2.41. The van der Waals surface area contributed by atoms with Crippen molar-refractivity contribution in [3.05, 3.63) is 60.2 Å². The lowest BCUT2D eigenvalue weighted by molar-refractivity contribution is -0.128. The summed E-state index contributed by atoms with van der Waals surface area (Å²) in [6.07, 6.45) is 1.09. The lowest BCUT2D eigenvalue weighted by Gasteiger charge is -2.25. The second-order valence-corrected chi connectivity index (χ2v) is 7.61. The molecule has 2 aromatic rings. The Labute approximate surface area is 148 Å². The molecule has 2 aromatic carbocycles. The highest BCUT2D eigenvalue weighted by Crippen LogP contribution is 2.21. The Hall–Kier alpha value is -2.54. The van der Waals surface area contributed by atoms with E-state index < -0.39 is 10.0 Å². The highest BCUT2D eigenvalue weighted by Gasteiger charge is 2.22. The molecule has 0 aliphatic rings. The van der Waals surface area contributed by atoms with E-state index in [1.165, 1.54) is 12.0 Å². The molecule has 0 saturated heterocycles. The maximum Gasteiger partial charge on any atom is 0.243 e. The number of carbonyl (C=O) groups excluding carboxylic acids is 1. The number of amides is 1. The minimum Gasteiger partial charge on any atom is -0.497 e. The second-order valence-electron chi connectivity index (χ2n) is 5.70. The molecule has 0 aliphatic carbocycles. The van der Waals surface area contributed by atoms with Crippen LogP contribution in [0.15, 0.2) is 54.6 Å². The highest BCUT2D eigenvalue weighted by molar-refractivity contribution is 7.92. The van der Waals surface area contributed by atoms with Crippen molar-refractivity contribution in [2.75, 3.05) is 31.3 Å². The van der Waals surface area contributed by atoms with Crippen molar-refractivity contribution in [3.63, 3.8) is 0 Å². The standard InChI is InChI=1S/C18H22N2O4S/c1-19(13-15-7-5-4-6-8-15)18(21)14-20(25(3,22)23)16-9-11-17(24-2)12-10-16/h4-12H,13-14H2,1-3H3. The van der Waals surface area contributed by atoms with Crippen LogP contribution >= 0.6 is 0 Å². The van der Waals surface area contributed by atoms with Gasteiger partial charge in [-0.05, 0) is 29.8 Å². The van der Waals surface area contributed by atoms with Gasteiger partial charge >= 0.3 is 0 Å². The van der Waals surface area contributed by atoms with Crippen molar-refractivity contribution in [2.24, 2.45) is 0 Å². The van der Waals surface area contributed by atoms with Gasteiger partial charge in [-0.2, -0.15) is 0 Å². The van der Waals surface area contributed by atoms with E-state index in [1.807, 2.05) is 30.3 Å². The fraction of sp³-hybridized carbons (Fsp3) is 0.278. The third-order valence-corrected chi connectivity index (χ3v) is 4.87. The van der Waals surface area contributed by atoms with Gasteiger partial charge in [-0.3, -0.25) is 9.10 Å². The zero-order valence-corrected chi connectivity index (χ0v) is 15.4. The molecule has 0 spiro atoms. The third-order valence-electron chi connectivity index (χ3n) is 3.73. The van der Waals surface area contributed by atoms with Crippen molar-refractivity contribution >= 4 is 21.6 Å². The summed E-state index contributed by atoms with van der Waals surface area (Å²) >= 11 is 0. The Morgan fingerprint density at radius 3 is 2.16 bits per heavy atom. The molecule has 0 fully saturated rings. The number of benzene rings is 2. The van der Waals surface area contributed by atoms with Crippen LogP contribution in [0, 0.1) is 0 Å². The fourth-order valence-electron chi connectivity index (χ4n) is 2.34. The van der Waals surface area contributed by atoms with Crippen LogP contribution < -0.4 is 9.04 Å². The Bertz CT molecular complexity index is 805. The maximum absolute atomic E-state index is 12.5. The van der Waals surface area contributed by atoms with Crippen LogP contribution in [0.4, 0.5) is 5.69 Å². The normalized spacial score (nSPS) is 11.0. The predicted octanol–water partition coefficient (Wildman–Crippen LogP) is 2.12. The first-order valence-corrected chi connectivity index (χ1v) is 9.56. The Balaban J connectivity index is 2.14. The molecule has 0 bridgehead atoms. The van der Waals surface area contributed by atoms with Crippen LogP contribution in [-0.4, -0.2) is 46.2 Å². The number of nitrogens with zero attached hydrogens (tertiary/aromatic N) is 2. The summed E-state index contributed by atoms with van der Waals surface area (Å²) in [6, 6.07) is 16.1. The van der Waals surface area contributed by atoms with Crippen molar-refractivity contribution in [3.8, 4) is 5.75 Å². The summed E-state index contributed by atoms with van der Waals surface area (Å²) in [6.45, 7) is 0.161. The quantitative estimate of drug-likeness (QED) is 0.757. The average Bonchev–Trinajstić information content (AvgIpc) is 2.59. The Morgan fingerprint density at radius 2 is 1.64 bits per heavy atom. The Kier molecular flexibility index (Phi) is 6.03. The highest BCUT2D eigenvalue weighted by atomic mass is 32.2. The van der Waals surface area contributed by atoms with Gasteiger partial charge in [0.2, 0.25) is 15.9 Å².